The average molecular weight is 486 g/mol. The van der Waals surface area contributed by atoms with E-state index in [2.05, 4.69) is 14.8 Å². The predicted octanol–water partition coefficient (Wildman–Crippen LogP) is 4.59. The number of carbonyl (C=O) groups excluding carboxylic acids is 1. The van der Waals surface area contributed by atoms with E-state index >= 15 is 0 Å². The number of para-hydroxylation sites is 1. The molecule has 0 saturated heterocycles. The van der Waals surface area contributed by atoms with Gasteiger partial charge in [-0.1, -0.05) is 18.2 Å². The van der Waals surface area contributed by atoms with Crippen LogP contribution in [0.5, 0.6) is 5.75 Å². The van der Waals surface area contributed by atoms with Gasteiger partial charge in [-0.15, -0.1) is 13.2 Å². The topological polar surface area (TPSA) is 84.5 Å². The Labute approximate surface area is 185 Å². The number of benzene rings is 3. The van der Waals surface area contributed by atoms with E-state index in [1.54, 1.807) is 0 Å². The number of sulfonamides is 1. The molecule has 0 aliphatic carbocycles. The van der Waals surface area contributed by atoms with Crippen LogP contribution >= 0.6 is 0 Å². The number of carbonyl (C=O) groups is 1. The van der Waals surface area contributed by atoms with Gasteiger partial charge >= 0.3 is 6.36 Å². The van der Waals surface area contributed by atoms with Crippen molar-refractivity contribution in [3.8, 4) is 5.75 Å². The average Bonchev–Trinajstić information content (AvgIpc) is 2.74. The molecule has 33 heavy (non-hydrogen) atoms. The quantitative estimate of drug-likeness (QED) is 0.479. The van der Waals surface area contributed by atoms with E-state index in [1.165, 1.54) is 42.5 Å². The summed E-state index contributed by atoms with van der Waals surface area (Å²) in [6.07, 6.45) is -4.89. The summed E-state index contributed by atoms with van der Waals surface area (Å²) in [6.45, 7) is -0.254. The molecule has 0 heterocycles. The summed E-state index contributed by atoms with van der Waals surface area (Å²) in [5.41, 5.74) is 0.235. The maximum atomic E-state index is 13.3. The minimum absolute atomic E-state index is 0.0419. The molecule has 12 heteroatoms. The lowest BCUT2D eigenvalue weighted by molar-refractivity contribution is -0.274. The second-order valence-corrected chi connectivity index (χ2v) is 8.28. The Hall–Kier alpha value is -3.67. The van der Waals surface area contributed by atoms with Crippen LogP contribution < -0.4 is 14.8 Å². The minimum atomic E-state index is -4.89. The van der Waals surface area contributed by atoms with Crippen LogP contribution in [0.2, 0.25) is 0 Å². The SMILES string of the molecule is O=C(NCc1ccccc1OC(F)(F)F)c1ccc(NS(=O)(=O)c2ccc(F)c(F)c2)cc1. The van der Waals surface area contributed by atoms with Gasteiger partial charge in [0.05, 0.1) is 4.90 Å². The van der Waals surface area contributed by atoms with Crippen molar-refractivity contribution in [3.63, 3.8) is 0 Å². The minimum Gasteiger partial charge on any atom is -0.405 e. The van der Waals surface area contributed by atoms with Crippen molar-refractivity contribution in [1.82, 2.24) is 5.32 Å². The Morgan fingerprint density at radius 2 is 1.58 bits per heavy atom. The molecule has 0 unspecified atom stereocenters. The lowest BCUT2D eigenvalue weighted by Gasteiger charge is -2.14. The fourth-order valence-electron chi connectivity index (χ4n) is 2.70. The molecular formula is C21H15F5N2O4S. The maximum Gasteiger partial charge on any atom is 0.573 e. The van der Waals surface area contributed by atoms with Crippen molar-refractivity contribution in [1.29, 1.82) is 0 Å². The standard InChI is InChI=1S/C21H15F5N2O4S/c22-17-10-9-16(11-18(17)23)33(30,31)28-15-7-5-13(6-8-15)20(29)27-12-14-3-1-2-4-19(14)32-21(24,25)26/h1-11,28H,12H2,(H,27,29). The fraction of sp³-hybridized carbons (Fsp3) is 0.0952. The van der Waals surface area contributed by atoms with Gasteiger partial charge in [0.15, 0.2) is 11.6 Å². The van der Waals surface area contributed by atoms with Crippen molar-refractivity contribution in [2.24, 2.45) is 0 Å². The van der Waals surface area contributed by atoms with Crippen molar-refractivity contribution >= 4 is 21.6 Å². The van der Waals surface area contributed by atoms with Gasteiger partial charge in [-0.05, 0) is 48.5 Å². The number of anilines is 1. The normalized spacial score (nSPS) is 11.7. The summed E-state index contributed by atoms with van der Waals surface area (Å²) in [7, 11) is -4.21. The Morgan fingerprint density at radius 1 is 0.909 bits per heavy atom. The van der Waals surface area contributed by atoms with Gasteiger partial charge in [-0.2, -0.15) is 0 Å². The largest absolute Gasteiger partial charge is 0.573 e. The molecule has 0 radical (unpaired) electrons. The predicted molar refractivity (Wildman–Crippen MR) is 108 cm³/mol. The van der Waals surface area contributed by atoms with Crippen molar-refractivity contribution in [3.05, 3.63) is 89.5 Å². The fourth-order valence-corrected chi connectivity index (χ4v) is 3.77. The molecule has 1 amide bonds. The Morgan fingerprint density at radius 3 is 2.21 bits per heavy atom. The van der Waals surface area contributed by atoms with Gasteiger partial charge in [0.25, 0.3) is 15.9 Å². The molecule has 0 aliphatic rings. The molecule has 0 atom stereocenters. The smallest absolute Gasteiger partial charge is 0.405 e. The number of amides is 1. The van der Waals surface area contributed by atoms with E-state index in [9.17, 15) is 35.2 Å². The van der Waals surface area contributed by atoms with Crippen LogP contribution in [0.1, 0.15) is 15.9 Å². The van der Waals surface area contributed by atoms with E-state index in [-0.39, 0.29) is 23.4 Å². The lowest BCUT2D eigenvalue weighted by Crippen LogP contribution is -2.24. The first-order valence-electron chi connectivity index (χ1n) is 9.14. The van der Waals surface area contributed by atoms with Crippen LogP contribution in [0.4, 0.5) is 27.6 Å². The molecule has 0 bridgehead atoms. The maximum absolute atomic E-state index is 13.3. The number of halogens is 5. The van der Waals surface area contributed by atoms with Gasteiger partial charge in [-0.3, -0.25) is 9.52 Å². The van der Waals surface area contributed by atoms with Gasteiger partial charge in [0.2, 0.25) is 0 Å². The number of hydrogen-bond donors (Lipinski definition) is 2. The number of rotatable bonds is 7. The molecule has 0 fully saturated rings. The molecule has 0 saturated carbocycles. The molecule has 3 aromatic rings. The molecule has 0 aromatic heterocycles. The molecule has 6 nitrogen and oxygen atoms in total. The van der Waals surface area contributed by atoms with E-state index in [0.29, 0.717) is 12.1 Å². The van der Waals surface area contributed by atoms with Gasteiger partial charge < -0.3 is 10.1 Å². The summed E-state index contributed by atoms with van der Waals surface area (Å²) in [5, 5.41) is 2.44. The van der Waals surface area contributed by atoms with E-state index < -0.39 is 44.6 Å². The third-order valence-electron chi connectivity index (χ3n) is 4.24. The highest BCUT2D eigenvalue weighted by atomic mass is 32.2. The lowest BCUT2D eigenvalue weighted by atomic mass is 10.1. The first-order chi connectivity index (χ1) is 15.4. The van der Waals surface area contributed by atoms with Gasteiger partial charge in [0, 0.05) is 23.4 Å². The Kier molecular flexibility index (Phi) is 6.86. The van der Waals surface area contributed by atoms with Gasteiger partial charge in [-0.25, -0.2) is 17.2 Å². The molecular weight excluding hydrogens is 471 g/mol. The molecule has 3 aromatic carbocycles. The Balaban J connectivity index is 1.66. The van der Waals surface area contributed by atoms with Crippen LogP contribution in [0.3, 0.4) is 0 Å². The number of ether oxygens (including phenoxy) is 1. The van der Waals surface area contributed by atoms with E-state index in [4.69, 9.17) is 0 Å². The third kappa shape index (κ3) is 6.42. The first-order valence-corrected chi connectivity index (χ1v) is 10.6. The second kappa shape index (κ2) is 9.45. The second-order valence-electron chi connectivity index (χ2n) is 6.60. The van der Waals surface area contributed by atoms with Crippen LogP contribution in [-0.2, 0) is 16.6 Å². The summed E-state index contributed by atoms with van der Waals surface area (Å²) in [6, 6.07) is 12.5. The third-order valence-corrected chi connectivity index (χ3v) is 5.62. The van der Waals surface area contributed by atoms with Crippen LogP contribution in [0.15, 0.2) is 71.6 Å². The summed E-state index contributed by atoms with van der Waals surface area (Å²) in [4.78, 5) is 11.8. The van der Waals surface area contributed by atoms with Crippen molar-refractivity contribution in [2.45, 2.75) is 17.8 Å². The Bertz CT molecular complexity index is 1260. The molecule has 2 N–H and O–H groups in total. The summed E-state index contributed by atoms with van der Waals surface area (Å²) >= 11 is 0. The summed E-state index contributed by atoms with van der Waals surface area (Å²) in [5.74, 6) is -3.61. The molecule has 0 spiro atoms. The zero-order valence-corrected chi connectivity index (χ0v) is 17.3. The zero-order chi connectivity index (χ0) is 24.2. The number of alkyl halides is 3. The van der Waals surface area contributed by atoms with E-state index in [0.717, 1.165) is 12.1 Å². The van der Waals surface area contributed by atoms with Crippen LogP contribution in [0.25, 0.3) is 0 Å². The van der Waals surface area contributed by atoms with E-state index in [1.807, 2.05) is 0 Å². The number of nitrogens with one attached hydrogen (secondary N) is 2. The van der Waals surface area contributed by atoms with Crippen LogP contribution in [-0.4, -0.2) is 20.7 Å². The zero-order valence-electron chi connectivity index (χ0n) is 16.5. The molecule has 3 rings (SSSR count). The number of hydrogen-bond acceptors (Lipinski definition) is 4. The molecule has 174 valence electrons. The van der Waals surface area contributed by atoms with Crippen LogP contribution in [0, 0.1) is 11.6 Å². The highest BCUT2D eigenvalue weighted by Gasteiger charge is 2.32. The highest BCUT2D eigenvalue weighted by Crippen LogP contribution is 2.26. The first kappa shape index (κ1) is 24.0. The highest BCUT2D eigenvalue weighted by molar-refractivity contribution is 7.92. The summed E-state index contributed by atoms with van der Waals surface area (Å²) < 4.78 is 94.5. The monoisotopic (exact) mass is 486 g/mol. The molecule has 0 aliphatic heterocycles. The van der Waals surface area contributed by atoms with Gasteiger partial charge in [0.1, 0.15) is 5.75 Å². The van der Waals surface area contributed by atoms with Crippen molar-refractivity contribution in [2.75, 3.05) is 4.72 Å². The van der Waals surface area contributed by atoms with Crippen molar-refractivity contribution < 1.29 is 39.9 Å².